The lowest BCUT2D eigenvalue weighted by molar-refractivity contribution is -0.0909. The number of hydrogen-bond donors (Lipinski definition) is 1. The van der Waals surface area contributed by atoms with Gasteiger partial charge in [0.15, 0.2) is 10.7 Å². The van der Waals surface area contributed by atoms with E-state index in [2.05, 4.69) is 9.88 Å². The zero-order valence-corrected chi connectivity index (χ0v) is 19.0. The molecule has 1 aromatic carbocycles. The van der Waals surface area contributed by atoms with Crippen LogP contribution in [0.2, 0.25) is 5.02 Å². The molecule has 3 heterocycles. The number of anilines is 2. The Morgan fingerprint density at radius 1 is 1.28 bits per heavy atom. The Labute approximate surface area is 189 Å². The summed E-state index contributed by atoms with van der Waals surface area (Å²) in [5.41, 5.74) is -0.422. The van der Waals surface area contributed by atoms with Gasteiger partial charge in [0.2, 0.25) is 5.95 Å². The van der Waals surface area contributed by atoms with Crippen LogP contribution in [0.25, 0.3) is 0 Å². The number of pyridine rings is 1. The van der Waals surface area contributed by atoms with E-state index in [9.17, 15) is 17.2 Å². The van der Waals surface area contributed by atoms with Crippen LogP contribution in [-0.4, -0.2) is 64.2 Å². The van der Waals surface area contributed by atoms with Crippen LogP contribution in [0.1, 0.15) is 6.42 Å². The van der Waals surface area contributed by atoms with Crippen molar-refractivity contribution in [1.82, 2.24) is 9.88 Å². The van der Waals surface area contributed by atoms with Crippen molar-refractivity contribution >= 4 is 33.1 Å². The average Bonchev–Trinajstić information content (AvgIpc) is 3.13. The summed E-state index contributed by atoms with van der Waals surface area (Å²) >= 11 is 6.17. The minimum Gasteiger partial charge on any atom is -0.376 e. The molecule has 0 spiro atoms. The number of hydrogen-bond acceptors (Lipinski definition) is 6. The van der Waals surface area contributed by atoms with Gasteiger partial charge >= 0.3 is 0 Å². The number of aromatic nitrogens is 1. The van der Waals surface area contributed by atoms with E-state index >= 15 is 4.39 Å². The minimum atomic E-state index is -4.76. The minimum absolute atomic E-state index is 0.0519. The highest BCUT2D eigenvalue weighted by Gasteiger charge is 2.49. The highest BCUT2D eigenvalue weighted by molar-refractivity contribution is 7.92. The first-order valence-corrected chi connectivity index (χ1v) is 11.7. The second-order valence-corrected chi connectivity index (χ2v) is 10.1. The molecule has 0 saturated carbocycles. The standard InChI is InChI=1S/C20H22ClF3N4O3S/c1-27-9-12(10-27)20(31-2)6-7-28(11-20)14-8-13(22)19(18(24)17(14)21)32(29,30)26-16-5-3-4-15(23)25-16/h3-5,8,12H,6-7,9-11H2,1-2H3,(H,25,26). The summed E-state index contributed by atoms with van der Waals surface area (Å²) in [7, 11) is -1.14. The number of halogens is 4. The van der Waals surface area contributed by atoms with E-state index in [-0.39, 0.29) is 11.6 Å². The Kier molecular flexibility index (Phi) is 6.03. The summed E-state index contributed by atoms with van der Waals surface area (Å²) in [5.74, 6) is -3.83. The van der Waals surface area contributed by atoms with Crippen molar-refractivity contribution in [3.05, 3.63) is 46.9 Å². The number of ether oxygens (including phenoxy) is 1. The predicted octanol–water partition coefficient (Wildman–Crippen LogP) is 3.11. The molecule has 0 bridgehead atoms. The molecule has 1 unspecified atom stereocenters. The molecule has 2 saturated heterocycles. The quantitative estimate of drug-likeness (QED) is 0.495. The van der Waals surface area contributed by atoms with Gasteiger partial charge in [0.25, 0.3) is 10.0 Å². The van der Waals surface area contributed by atoms with Gasteiger partial charge in [0.05, 0.1) is 11.3 Å². The zero-order valence-electron chi connectivity index (χ0n) is 17.4. The lowest BCUT2D eigenvalue weighted by Gasteiger charge is -2.46. The number of benzene rings is 1. The van der Waals surface area contributed by atoms with Crippen molar-refractivity contribution in [2.75, 3.05) is 50.0 Å². The average molecular weight is 491 g/mol. The number of methoxy groups -OCH3 is 1. The topological polar surface area (TPSA) is 74.8 Å². The largest absolute Gasteiger partial charge is 0.376 e. The third-order valence-electron chi connectivity index (χ3n) is 6.14. The summed E-state index contributed by atoms with van der Waals surface area (Å²) < 4.78 is 76.1. The molecule has 0 aliphatic carbocycles. The maximum atomic E-state index is 15.1. The summed E-state index contributed by atoms with van der Waals surface area (Å²) in [5, 5.41) is -0.517. The smallest absolute Gasteiger partial charge is 0.268 e. The van der Waals surface area contributed by atoms with Gasteiger partial charge in [-0.3, -0.25) is 4.72 Å². The first-order chi connectivity index (χ1) is 15.1. The Bertz CT molecular complexity index is 1150. The van der Waals surface area contributed by atoms with Gasteiger partial charge in [-0.25, -0.2) is 22.2 Å². The Morgan fingerprint density at radius 3 is 2.62 bits per heavy atom. The molecule has 2 aromatic rings. The first kappa shape index (κ1) is 23.1. The molecule has 12 heteroatoms. The third-order valence-corrected chi connectivity index (χ3v) is 7.89. The van der Waals surface area contributed by atoms with Crippen LogP contribution in [0.15, 0.2) is 29.2 Å². The van der Waals surface area contributed by atoms with Crippen LogP contribution < -0.4 is 9.62 Å². The van der Waals surface area contributed by atoms with E-state index in [0.29, 0.717) is 19.5 Å². The van der Waals surface area contributed by atoms with Crippen LogP contribution in [0.3, 0.4) is 0 Å². The van der Waals surface area contributed by atoms with Crippen LogP contribution in [0.5, 0.6) is 0 Å². The summed E-state index contributed by atoms with van der Waals surface area (Å²) in [6.07, 6.45) is 0.647. The van der Waals surface area contributed by atoms with Crippen molar-refractivity contribution < 1.29 is 26.3 Å². The third kappa shape index (κ3) is 4.02. The lowest BCUT2D eigenvalue weighted by Crippen LogP contribution is -2.58. The van der Waals surface area contributed by atoms with Crippen molar-refractivity contribution in [2.45, 2.75) is 16.9 Å². The molecule has 174 valence electrons. The molecule has 1 aromatic heterocycles. The predicted molar refractivity (Wildman–Crippen MR) is 114 cm³/mol. The molecular formula is C20H22ClF3N4O3S. The Morgan fingerprint density at radius 2 is 2.00 bits per heavy atom. The monoisotopic (exact) mass is 490 g/mol. The number of nitrogens with zero attached hydrogens (tertiary/aromatic N) is 3. The molecule has 2 fully saturated rings. The van der Waals surface area contributed by atoms with Gasteiger partial charge in [-0.15, -0.1) is 0 Å². The van der Waals surface area contributed by atoms with Gasteiger partial charge in [-0.05, 0) is 25.6 Å². The molecule has 4 rings (SSSR count). The molecule has 2 aliphatic rings. The van der Waals surface area contributed by atoms with E-state index in [1.165, 1.54) is 6.07 Å². The van der Waals surface area contributed by atoms with Crippen LogP contribution in [0, 0.1) is 23.5 Å². The lowest BCUT2D eigenvalue weighted by atomic mass is 9.81. The summed E-state index contributed by atoms with van der Waals surface area (Å²) in [6.45, 7) is 2.53. The maximum absolute atomic E-state index is 15.1. The van der Waals surface area contributed by atoms with E-state index in [0.717, 1.165) is 31.3 Å². The van der Waals surface area contributed by atoms with Gasteiger partial charge in [-0.1, -0.05) is 17.7 Å². The Balaban J connectivity index is 1.63. The van der Waals surface area contributed by atoms with Crippen molar-refractivity contribution in [3.63, 3.8) is 0 Å². The molecule has 32 heavy (non-hydrogen) atoms. The molecule has 2 aliphatic heterocycles. The fraction of sp³-hybridized carbons (Fsp3) is 0.450. The summed E-state index contributed by atoms with van der Waals surface area (Å²) in [6, 6.07) is 4.26. The van der Waals surface area contributed by atoms with E-state index in [1.54, 1.807) is 12.0 Å². The van der Waals surface area contributed by atoms with E-state index in [4.69, 9.17) is 16.3 Å². The number of likely N-dealkylation sites (tertiary alicyclic amines) is 1. The van der Waals surface area contributed by atoms with Crippen LogP contribution in [-0.2, 0) is 14.8 Å². The molecule has 7 nitrogen and oxygen atoms in total. The van der Waals surface area contributed by atoms with Gasteiger partial charge in [0, 0.05) is 45.3 Å². The van der Waals surface area contributed by atoms with Crippen molar-refractivity contribution in [3.8, 4) is 0 Å². The second-order valence-electron chi connectivity index (χ2n) is 8.14. The number of rotatable bonds is 6. The highest BCUT2D eigenvalue weighted by atomic mass is 35.5. The van der Waals surface area contributed by atoms with Crippen molar-refractivity contribution in [1.29, 1.82) is 0 Å². The zero-order chi connectivity index (χ0) is 23.3. The fourth-order valence-corrected chi connectivity index (χ4v) is 5.87. The van der Waals surface area contributed by atoms with Crippen molar-refractivity contribution in [2.24, 2.45) is 5.92 Å². The van der Waals surface area contributed by atoms with Gasteiger partial charge in [-0.2, -0.15) is 4.39 Å². The van der Waals surface area contributed by atoms with E-state index < -0.39 is 48.9 Å². The van der Waals surface area contributed by atoms with Crippen LogP contribution in [0.4, 0.5) is 24.7 Å². The van der Waals surface area contributed by atoms with E-state index in [1.807, 2.05) is 11.8 Å². The first-order valence-electron chi connectivity index (χ1n) is 9.88. The normalized spacial score (nSPS) is 22.2. The fourth-order valence-electron chi connectivity index (χ4n) is 4.41. The number of nitrogens with one attached hydrogen (secondary N) is 1. The van der Waals surface area contributed by atoms with Gasteiger partial charge in [0.1, 0.15) is 16.7 Å². The molecule has 0 radical (unpaired) electrons. The number of sulfonamides is 1. The van der Waals surface area contributed by atoms with Crippen LogP contribution >= 0.6 is 11.6 Å². The SMILES string of the molecule is COC1(C2CN(C)C2)CCN(c2cc(F)c(S(=O)(=O)Nc3cccc(F)n3)c(F)c2Cl)C1. The molecule has 1 N–H and O–H groups in total. The second kappa shape index (κ2) is 8.36. The summed E-state index contributed by atoms with van der Waals surface area (Å²) in [4.78, 5) is 5.95. The highest BCUT2D eigenvalue weighted by Crippen LogP contribution is 2.42. The maximum Gasteiger partial charge on any atom is 0.268 e. The molecule has 0 amide bonds. The van der Waals surface area contributed by atoms with Gasteiger partial charge < -0.3 is 14.5 Å². The molecular weight excluding hydrogens is 469 g/mol. The molecule has 1 atom stereocenters. The Hall–Kier alpha value is -2.08.